The maximum absolute atomic E-state index is 12.4. The van der Waals surface area contributed by atoms with Gasteiger partial charge in [0.15, 0.2) is 0 Å². The van der Waals surface area contributed by atoms with E-state index in [1.165, 1.54) is 18.7 Å². The number of thioether (sulfide) groups is 1. The summed E-state index contributed by atoms with van der Waals surface area (Å²) in [6, 6.07) is 14.8. The molecule has 0 aliphatic carbocycles. The summed E-state index contributed by atoms with van der Waals surface area (Å²) in [5.74, 6) is -0.00766. The third kappa shape index (κ3) is 6.44. The average Bonchev–Trinajstić information content (AvgIpc) is 2.60. The molecule has 2 rings (SSSR count). The van der Waals surface area contributed by atoms with Crippen LogP contribution in [0.2, 0.25) is 5.02 Å². The van der Waals surface area contributed by atoms with E-state index in [2.05, 4.69) is 10.6 Å². The average molecular weight is 377 g/mol. The van der Waals surface area contributed by atoms with Crippen molar-refractivity contribution in [3.8, 4) is 0 Å². The molecule has 25 heavy (non-hydrogen) atoms. The molecule has 0 aliphatic rings. The fraction of sp³-hybridized carbons (Fsp3) is 0.263. The minimum absolute atomic E-state index is 0.204. The first-order valence-electron chi connectivity index (χ1n) is 7.93. The highest BCUT2D eigenvalue weighted by Gasteiger charge is 2.19. The zero-order valence-electron chi connectivity index (χ0n) is 14.2. The van der Waals surface area contributed by atoms with Crippen molar-refractivity contribution in [2.24, 2.45) is 0 Å². The van der Waals surface area contributed by atoms with E-state index in [4.69, 9.17) is 11.6 Å². The summed E-state index contributed by atoms with van der Waals surface area (Å²) < 4.78 is 0. The molecule has 0 spiro atoms. The maximum Gasteiger partial charge on any atom is 0.243 e. The van der Waals surface area contributed by atoms with Crippen molar-refractivity contribution < 1.29 is 9.59 Å². The van der Waals surface area contributed by atoms with Gasteiger partial charge >= 0.3 is 0 Å². The minimum Gasteiger partial charge on any atom is -0.350 e. The Morgan fingerprint density at radius 2 is 1.88 bits per heavy atom. The second-order valence-corrected chi connectivity index (χ2v) is 7.18. The van der Waals surface area contributed by atoms with Gasteiger partial charge in [0.25, 0.3) is 0 Å². The van der Waals surface area contributed by atoms with Crippen LogP contribution in [0.5, 0.6) is 0 Å². The molecular formula is C19H21ClN2O2S. The van der Waals surface area contributed by atoms with Gasteiger partial charge in [0.05, 0.1) is 0 Å². The van der Waals surface area contributed by atoms with Crippen molar-refractivity contribution in [2.75, 3.05) is 5.75 Å². The van der Waals surface area contributed by atoms with Gasteiger partial charge in [0.2, 0.25) is 11.8 Å². The molecule has 1 atom stereocenters. The highest BCUT2D eigenvalue weighted by molar-refractivity contribution is 7.99. The van der Waals surface area contributed by atoms with Crippen LogP contribution in [-0.2, 0) is 16.1 Å². The van der Waals surface area contributed by atoms with E-state index in [1.807, 2.05) is 55.5 Å². The van der Waals surface area contributed by atoms with Crippen molar-refractivity contribution in [3.05, 3.63) is 64.7 Å². The van der Waals surface area contributed by atoms with E-state index < -0.39 is 6.04 Å². The molecule has 4 nitrogen and oxygen atoms in total. The minimum atomic E-state index is -0.605. The molecule has 2 aromatic carbocycles. The summed E-state index contributed by atoms with van der Waals surface area (Å²) in [7, 11) is 0. The van der Waals surface area contributed by atoms with Crippen LogP contribution in [0.3, 0.4) is 0 Å². The Morgan fingerprint density at radius 1 is 1.16 bits per heavy atom. The molecular weight excluding hydrogens is 356 g/mol. The highest BCUT2D eigenvalue weighted by atomic mass is 35.5. The van der Waals surface area contributed by atoms with Crippen molar-refractivity contribution in [1.82, 2.24) is 10.6 Å². The van der Waals surface area contributed by atoms with Crippen molar-refractivity contribution in [3.63, 3.8) is 0 Å². The van der Waals surface area contributed by atoms with Crippen LogP contribution < -0.4 is 10.6 Å². The molecule has 0 heterocycles. The van der Waals surface area contributed by atoms with Gasteiger partial charge in [-0.25, -0.2) is 0 Å². The number of halogens is 1. The number of carbonyl (C=O) groups excluding carboxylic acids is 2. The Labute approximate surface area is 157 Å². The predicted molar refractivity (Wildman–Crippen MR) is 103 cm³/mol. The Bertz CT molecular complexity index is 737. The van der Waals surface area contributed by atoms with Gasteiger partial charge in [-0.1, -0.05) is 48.0 Å². The van der Waals surface area contributed by atoms with Crippen LogP contribution >= 0.6 is 23.4 Å². The zero-order chi connectivity index (χ0) is 18.2. The second-order valence-electron chi connectivity index (χ2n) is 5.68. The maximum atomic E-state index is 12.4. The quantitative estimate of drug-likeness (QED) is 0.726. The highest BCUT2D eigenvalue weighted by Crippen LogP contribution is 2.25. The summed E-state index contributed by atoms with van der Waals surface area (Å²) in [6.07, 6.45) is 0. The number of rotatable bonds is 7. The first kappa shape index (κ1) is 19.3. The molecule has 1 unspecified atom stereocenters. The van der Waals surface area contributed by atoms with Gasteiger partial charge in [-0.05, 0) is 30.2 Å². The molecule has 0 aliphatic heterocycles. The predicted octanol–water partition coefficient (Wildman–Crippen LogP) is 3.56. The number of benzene rings is 2. The standard InChI is InChI=1S/C19H21ClN2O2S/c1-13-8-9-16(10-17(13)20)25-12-18(22-14(2)23)19(24)21-11-15-6-4-3-5-7-15/h3-10,18H,11-12H2,1-2H3,(H,21,24)(H,22,23). The summed E-state index contributed by atoms with van der Waals surface area (Å²) in [5.41, 5.74) is 2.01. The lowest BCUT2D eigenvalue weighted by molar-refractivity contribution is -0.127. The molecule has 0 fully saturated rings. The van der Waals surface area contributed by atoms with E-state index >= 15 is 0 Å². The van der Waals surface area contributed by atoms with Crippen molar-refractivity contribution in [2.45, 2.75) is 31.3 Å². The zero-order valence-corrected chi connectivity index (χ0v) is 15.8. The third-order valence-electron chi connectivity index (χ3n) is 3.56. The molecule has 2 aromatic rings. The van der Waals surface area contributed by atoms with Crippen LogP contribution in [0, 0.1) is 6.92 Å². The summed E-state index contributed by atoms with van der Waals surface area (Å²) >= 11 is 7.61. The van der Waals surface area contributed by atoms with E-state index in [-0.39, 0.29) is 11.8 Å². The van der Waals surface area contributed by atoms with Gasteiger partial charge in [-0.15, -0.1) is 11.8 Å². The topological polar surface area (TPSA) is 58.2 Å². The number of nitrogens with one attached hydrogen (secondary N) is 2. The fourth-order valence-electron chi connectivity index (χ4n) is 2.18. The number of aryl methyl sites for hydroxylation is 1. The number of hydrogen-bond acceptors (Lipinski definition) is 3. The van der Waals surface area contributed by atoms with E-state index in [0.717, 1.165) is 16.0 Å². The molecule has 132 valence electrons. The SMILES string of the molecule is CC(=O)NC(CSc1ccc(C)c(Cl)c1)C(=O)NCc1ccccc1. The Kier molecular flexibility index (Phi) is 7.34. The van der Waals surface area contributed by atoms with Gasteiger partial charge < -0.3 is 10.6 Å². The Morgan fingerprint density at radius 3 is 2.52 bits per heavy atom. The van der Waals surface area contributed by atoms with Crippen molar-refractivity contribution >= 4 is 35.2 Å². The molecule has 0 radical (unpaired) electrons. The van der Waals surface area contributed by atoms with Gasteiger partial charge in [-0.3, -0.25) is 9.59 Å². The molecule has 0 aromatic heterocycles. The molecule has 2 amide bonds. The summed E-state index contributed by atoms with van der Waals surface area (Å²) in [6.45, 7) is 3.77. The normalized spacial score (nSPS) is 11.6. The van der Waals surface area contributed by atoms with Gasteiger partial charge in [-0.2, -0.15) is 0 Å². The van der Waals surface area contributed by atoms with Gasteiger partial charge in [0, 0.05) is 29.1 Å². The lowest BCUT2D eigenvalue weighted by atomic mass is 10.2. The molecule has 0 saturated heterocycles. The van der Waals surface area contributed by atoms with Crippen molar-refractivity contribution in [1.29, 1.82) is 0 Å². The molecule has 2 N–H and O–H groups in total. The van der Waals surface area contributed by atoms with E-state index in [0.29, 0.717) is 17.3 Å². The molecule has 0 saturated carbocycles. The smallest absolute Gasteiger partial charge is 0.243 e. The van der Waals surface area contributed by atoms with E-state index in [9.17, 15) is 9.59 Å². The molecule has 0 bridgehead atoms. The molecule has 6 heteroatoms. The van der Waals surface area contributed by atoms with Crippen LogP contribution in [-0.4, -0.2) is 23.6 Å². The summed E-state index contributed by atoms with van der Waals surface area (Å²) in [5, 5.41) is 6.26. The fourth-order valence-corrected chi connectivity index (χ4v) is 3.38. The van der Waals surface area contributed by atoms with Crippen LogP contribution in [0.25, 0.3) is 0 Å². The number of hydrogen-bond donors (Lipinski definition) is 2. The lowest BCUT2D eigenvalue weighted by Gasteiger charge is -2.17. The van der Waals surface area contributed by atoms with E-state index in [1.54, 1.807) is 0 Å². The van der Waals surface area contributed by atoms with Crippen LogP contribution in [0.4, 0.5) is 0 Å². The third-order valence-corrected chi connectivity index (χ3v) is 5.06. The lowest BCUT2D eigenvalue weighted by Crippen LogP contribution is -2.47. The summed E-state index contributed by atoms with van der Waals surface area (Å²) in [4.78, 5) is 24.8. The first-order valence-corrected chi connectivity index (χ1v) is 9.30. The van der Waals surface area contributed by atoms with Crippen LogP contribution in [0.1, 0.15) is 18.1 Å². The Hall–Kier alpha value is -1.98. The monoisotopic (exact) mass is 376 g/mol. The van der Waals surface area contributed by atoms with Gasteiger partial charge in [0.1, 0.15) is 6.04 Å². The first-order chi connectivity index (χ1) is 12.0. The van der Waals surface area contributed by atoms with Crippen LogP contribution in [0.15, 0.2) is 53.4 Å². The largest absolute Gasteiger partial charge is 0.350 e. The number of amides is 2. The Balaban J connectivity index is 1.95. The second kappa shape index (κ2) is 9.49. The number of carbonyl (C=O) groups is 2.